The number of oxazole rings is 1. The minimum Gasteiger partial charge on any atom is -0.423 e. The molecule has 2 bridgehead atoms. The predicted molar refractivity (Wildman–Crippen MR) is 108 cm³/mol. The van der Waals surface area contributed by atoms with Crippen LogP contribution in [0.1, 0.15) is 23.5 Å². The van der Waals surface area contributed by atoms with E-state index < -0.39 is 6.03 Å². The lowest BCUT2D eigenvalue weighted by atomic mass is 9.97. The van der Waals surface area contributed by atoms with Crippen LogP contribution >= 0.6 is 11.3 Å². The number of carbonyl (C=O) groups is 1. The summed E-state index contributed by atoms with van der Waals surface area (Å²) >= 11 is 1.38. The monoisotopic (exact) mass is 433 g/mol. The van der Waals surface area contributed by atoms with Gasteiger partial charge >= 0.3 is 6.03 Å². The van der Waals surface area contributed by atoms with Crippen molar-refractivity contribution in [3.05, 3.63) is 34.6 Å². The van der Waals surface area contributed by atoms with Crippen molar-refractivity contribution in [1.82, 2.24) is 15.3 Å². The molecule has 11 heteroatoms. The lowest BCUT2D eigenvalue weighted by Gasteiger charge is -2.43. The number of urea groups is 1. The lowest BCUT2D eigenvalue weighted by molar-refractivity contribution is 0.0579. The first-order valence-electron chi connectivity index (χ1n) is 9.62. The van der Waals surface area contributed by atoms with Gasteiger partial charge in [-0.1, -0.05) is 11.3 Å². The molecule has 2 amide bonds. The molecule has 2 aliphatic heterocycles. The lowest BCUT2D eigenvalue weighted by Crippen LogP contribution is -2.51. The third-order valence-corrected chi connectivity index (χ3v) is 6.32. The number of nitrogens with zero attached hydrogens (tertiary/aromatic N) is 3. The zero-order valence-electron chi connectivity index (χ0n) is 16.1. The summed E-state index contributed by atoms with van der Waals surface area (Å²) in [7, 11) is 0. The van der Waals surface area contributed by atoms with E-state index in [1.807, 2.05) is 0 Å². The van der Waals surface area contributed by atoms with Gasteiger partial charge in [0.15, 0.2) is 10.7 Å². The van der Waals surface area contributed by atoms with Crippen molar-refractivity contribution in [2.24, 2.45) is 0 Å². The number of thiazole rings is 1. The number of hydrogen-bond acceptors (Lipinski definition) is 8. The van der Waals surface area contributed by atoms with Gasteiger partial charge < -0.3 is 24.5 Å². The first-order chi connectivity index (χ1) is 14.5. The molecule has 30 heavy (non-hydrogen) atoms. The van der Waals surface area contributed by atoms with Gasteiger partial charge in [-0.25, -0.2) is 14.2 Å². The number of benzene rings is 1. The quantitative estimate of drug-likeness (QED) is 0.579. The van der Waals surface area contributed by atoms with Crippen LogP contribution in [-0.2, 0) is 11.2 Å². The van der Waals surface area contributed by atoms with E-state index in [1.54, 1.807) is 13.0 Å². The standard InChI is InChI=1S/C19H20FN5O4S/c1-9(6-26)21-17(27)24-18-22-13-5-11-7-28-8-14(16(13)30-18)25(11)19-23-12-4-10(20)2-3-15(12)29-19/h2-4,9,11,14,26H,5-8H2,1H3,(H2,21,22,24,27)/t9-,11+,14+/m1/s1. The Bertz CT molecular complexity index is 1100. The average Bonchev–Trinajstić information content (AvgIpc) is 3.30. The number of morpholine rings is 1. The van der Waals surface area contributed by atoms with Crippen LogP contribution in [0, 0.1) is 5.82 Å². The van der Waals surface area contributed by atoms with Crippen LogP contribution in [0.3, 0.4) is 0 Å². The van der Waals surface area contributed by atoms with Crippen molar-refractivity contribution in [3.63, 3.8) is 0 Å². The number of nitrogens with one attached hydrogen (secondary N) is 2. The second-order valence-corrected chi connectivity index (χ2v) is 8.47. The fourth-order valence-corrected chi connectivity index (χ4v) is 4.90. The van der Waals surface area contributed by atoms with Gasteiger partial charge in [-0.2, -0.15) is 4.98 Å². The summed E-state index contributed by atoms with van der Waals surface area (Å²) in [4.78, 5) is 24.2. The molecule has 1 aromatic carbocycles. The van der Waals surface area contributed by atoms with Crippen LogP contribution in [0.25, 0.3) is 11.1 Å². The van der Waals surface area contributed by atoms with E-state index in [2.05, 4.69) is 25.5 Å². The van der Waals surface area contributed by atoms with Gasteiger partial charge in [0.2, 0.25) is 0 Å². The smallest absolute Gasteiger partial charge is 0.321 e. The van der Waals surface area contributed by atoms with Gasteiger partial charge in [0, 0.05) is 12.5 Å². The fraction of sp³-hybridized carbons (Fsp3) is 0.421. The Hall–Kier alpha value is -2.76. The summed E-state index contributed by atoms with van der Waals surface area (Å²) in [6.07, 6.45) is 0.617. The number of amides is 2. The van der Waals surface area contributed by atoms with E-state index in [0.717, 1.165) is 10.6 Å². The number of aromatic nitrogens is 2. The van der Waals surface area contributed by atoms with Crippen molar-refractivity contribution in [3.8, 4) is 0 Å². The van der Waals surface area contributed by atoms with E-state index in [1.165, 1.54) is 23.5 Å². The van der Waals surface area contributed by atoms with Crippen molar-refractivity contribution in [1.29, 1.82) is 0 Å². The largest absolute Gasteiger partial charge is 0.423 e. The van der Waals surface area contributed by atoms with E-state index in [-0.39, 0.29) is 30.5 Å². The van der Waals surface area contributed by atoms with E-state index in [0.29, 0.717) is 41.9 Å². The van der Waals surface area contributed by atoms with Gasteiger partial charge in [-0.15, -0.1) is 0 Å². The number of aliphatic hydroxyl groups is 1. The molecule has 3 atom stereocenters. The molecule has 2 aliphatic rings. The van der Waals surface area contributed by atoms with Crippen molar-refractivity contribution >= 4 is 39.6 Å². The molecule has 158 valence electrons. The molecule has 3 N–H and O–H groups in total. The molecule has 0 unspecified atom stereocenters. The molecule has 2 aromatic heterocycles. The number of carbonyl (C=O) groups excluding carboxylic acids is 1. The molecule has 0 saturated carbocycles. The topological polar surface area (TPSA) is 113 Å². The maximum atomic E-state index is 13.5. The molecular formula is C19H20FN5O4S. The van der Waals surface area contributed by atoms with Crippen LogP contribution in [0.4, 0.5) is 20.3 Å². The highest BCUT2D eigenvalue weighted by Crippen LogP contribution is 2.43. The zero-order chi connectivity index (χ0) is 20.8. The number of fused-ring (bicyclic) bond motifs is 5. The van der Waals surface area contributed by atoms with E-state index in [9.17, 15) is 9.18 Å². The number of aliphatic hydroxyl groups excluding tert-OH is 1. The van der Waals surface area contributed by atoms with Gasteiger partial charge in [0.25, 0.3) is 6.01 Å². The minimum absolute atomic E-state index is 0.0210. The van der Waals surface area contributed by atoms with Gasteiger partial charge in [-0.3, -0.25) is 5.32 Å². The number of halogens is 1. The van der Waals surface area contributed by atoms with Crippen molar-refractivity contribution < 1.29 is 23.4 Å². The summed E-state index contributed by atoms with van der Waals surface area (Å²) in [5.41, 5.74) is 1.91. The molecule has 5 rings (SSSR count). The Labute approximate surface area is 174 Å². The minimum atomic E-state index is -0.417. The Morgan fingerprint density at radius 3 is 3.13 bits per heavy atom. The molecule has 1 fully saturated rings. The van der Waals surface area contributed by atoms with Crippen LogP contribution in [0.15, 0.2) is 22.6 Å². The van der Waals surface area contributed by atoms with Gasteiger partial charge in [0.05, 0.1) is 48.5 Å². The summed E-state index contributed by atoms with van der Waals surface area (Å²) in [6.45, 7) is 2.49. The SMILES string of the molecule is C[C@H](CO)NC(=O)Nc1nc2c(s1)[C@@H]1COC[C@H](C2)N1c1nc2cc(F)ccc2o1. The second-order valence-electron chi connectivity index (χ2n) is 7.44. The summed E-state index contributed by atoms with van der Waals surface area (Å²) in [6, 6.07) is 3.75. The highest BCUT2D eigenvalue weighted by atomic mass is 32.1. The number of ether oxygens (including phenoxy) is 1. The molecule has 0 aliphatic carbocycles. The zero-order valence-corrected chi connectivity index (χ0v) is 16.9. The predicted octanol–water partition coefficient (Wildman–Crippen LogP) is 2.43. The highest BCUT2D eigenvalue weighted by Gasteiger charge is 2.42. The molecule has 1 saturated heterocycles. The maximum Gasteiger partial charge on any atom is 0.321 e. The fourth-order valence-electron chi connectivity index (χ4n) is 3.83. The normalized spacial score (nSPS) is 21.4. The first-order valence-corrected chi connectivity index (χ1v) is 10.4. The first kappa shape index (κ1) is 19.2. The summed E-state index contributed by atoms with van der Waals surface area (Å²) in [5.74, 6) is -0.362. The summed E-state index contributed by atoms with van der Waals surface area (Å²) < 4.78 is 25.2. The molecule has 9 nitrogen and oxygen atoms in total. The second kappa shape index (κ2) is 7.49. The number of rotatable bonds is 4. The van der Waals surface area contributed by atoms with Gasteiger partial charge in [-0.05, 0) is 19.1 Å². The number of anilines is 2. The maximum absolute atomic E-state index is 13.5. The summed E-state index contributed by atoms with van der Waals surface area (Å²) in [5, 5.41) is 14.9. The molecule has 4 heterocycles. The van der Waals surface area contributed by atoms with E-state index >= 15 is 0 Å². The Morgan fingerprint density at radius 2 is 2.30 bits per heavy atom. The Morgan fingerprint density at radius 1 is 1.43 bits per heavy atom. The van der Waals surface area contributed by atoms with Gasteiger partial charge in [0.1, 0.15) is 11.3 Å². The van der Waals surface area contributed by atoms with Crippen LogP contribution in [0.5, 0.6) is 0 Å². The Kier molecular flexibility index (Phi) is 4.80. The average molecular weight is 433 g/mol. The van der Waals surface area contributed by atoms with E-state index in [4.69, 9.17) is 14.3 Å². The van der Waals surface area contributed by atoms with Crippen LogP contribution in [0.2, 0.25) is 0 Å². The molecule has 3 aromatic rings. The van der Waals surface area contributed by atoms with Crippen LogP contribution in [-0.4, -0.2) is 53.0 Å². The molecular weight excluding hydrogens is 413 g/mol. The third-order valence-electron chi connectivity index (χ3n) is 5.21. The van der Waals surface area contributed by atoms with Crippen LogP contribution < -0.4 is 15.5 Å². The van der Waals surface area contributed by atoms with Crippen molar-refractivity contribution in [2.45, 2.75) is 31.5 Å². The molecule has 0 radical (unpaired) electrons. The number of hydrogen-bond donors (Lipinski definition) is 3. The molecule has 0 spiro atoms. The Balaban J connectivity index is 1.43. The third kappa shape index (κ3) is 3.38. The highest BCUT2D eigenvalue weighted by molar-refractivity contribution is 7.16. The van der Waals surface area contributed by atoms with Crippen molar-refractivity contribution in [2.75, 3.05) is 30.0 Å².